The fraction of sp³-hybridized carbons (Fsp3) is 0.500. The first-order valence-electron chi connectivity index (χ1n) is 6.06. The number of nitrogens with one attached hydrogen (secondary N) is 1. The van der Waals surface area contributed by atoms with Gasteiger partial charge in [0, 0.05) is 32.4 Å². The molecule has 0 aliphatic carbocycles. The lowest BCUT2D eigenvalue weighted by atomic mass is 10.3. The molecule has 5 heteroatoms. The summed E-state index contributed by atoms with van der Waals surface area (Å²) in [5, 5.41) is 7.84. The Kier molecular flexibility index (Phi) is 2.78. The van der Waals surface area contributed by atoms with E-state index in [0.29, 0.717) is 0 Å². The van der Waals surface area contributed by atoms with Crippen LogP contribution in [0.15, 0.2) is 18.3 Å². The topological polar surface area (TPSA) is 45.5 Å². The Morgan fingerprint density at radius 1 is 1.35 bits per heavy atom. The molecule has 3 rings (SSSR count). The number of hydrogen-bond acceptors (Lipinski definition) is 4. The van der Waals surface area contributed by atoms with Crippen molar-refractivity contribution in [3.8, 4) is 0 Å². The second-order valence-corrected chi connectivity index (χ2v) is 4.56. The van der Waals surface area contributed by atoms with Crippen LogP contribution in [-0.4, -0.2) is 45.7 Å². The molecule has 5 nitrogen and oxygen atoms in total. The molecule has 0 aromatic carbocycles. The highest BCUT2D eigenvalue weighted by atomic mass is 15.3. The molecule has 1 aliphatic rings. The third-order valence-electron chi connectivity index (χ3n) is 3.11. The molecule has 2 aromatic heterocycles. The first-order chi connectivity index (χ1) is 8.31. The summed E-state index contributed by atoms with van der Waals surface area (Å²) in [6.45, 7) is 7.20. The highest BCUT2D eigenvalue weighted by Gasteiger charge is 2.12. The molecule has 17 heavy (non-hydrogen) atoms. The van der Waals surface area contributed by atoms with Crippen molar-refractivity contribution in [1.29, 1.82) is 0 Å². The van der Waals surface area contributed by atoms with Crippen LogP contribution in [0.1, 0.15) is 11.4 Å². The lowest BCUT2D eigenvalue weighted by Crippen LogP contribution is -2.43. The molecule has 0 atom stereocenters. The third kappa shape index (κ3) is 2.30. The third-order valence-corrected chi connectivity index (χ3v) is 3.11. The maximum atomic E-state index is 4.56. The van der Waals surface area contributed by atoms with E-state index in [-0.39, 0.29) is 0 Å². The first kappa shape index (κ1) is 10.7. The second-order valence-electron chi connectivity index (χ2n) is 4.56. The summed E-state index contributed by atoms with van der Waals surface area (Å²) in [6.07, 6.45) is 1.97. The molecule has 3 heterocycles. The summed E-state index contributed by atoms with van der Waals surface area (Å²) in [6, 6.07) is 4.12. The van der Waals surface area contributed by atoms with Crippen molar-refractivity contribution in [2.75, 3.05) is 26.2 Å². The van der Waals surface area contributed by atoms with Crippen LogP contribution in [0.5, 0.6) is 0 Å². The largest absolute Gasteiger partial charge is 0.314 e. The molecule has 1 aliphatic heterocycles. The Morgan fingerprint density at radius 3 is 3.00 bits per heavy atom. The predicted octanol–water partition coefficient (Wildman–Crippen LogP) is 0.443. The van der Waals surface area contributed by atoms with Gasteiger partial charge in [0.1, 0.15) is 0 Å². The van der Waals surface area contributed by atoms with E-state index in [2.05, 4.69) is 39.4 Å². The minimum absolute atomic E-state index is 0.850. The predicted molar refractivity (Wildman–Crippen MR) is 65.9 cm³/mol. The van der Waals surface area contributed by atoms with Crippen molar-refractivity contribution in [2.24, 2.45) is 0 Å². The zero-order chi connectivity index (χ0) is 11.7. The Labute approximate surface area is 100 Å². The van der Waals surface area contributed by atoms with Gasteiger partial charge in [-0.2, -0.15) is 0 Å². The quantitative estimate of drug-likeness (QED) is 0.815. The standard InChI is InChI=1S/C12H17N5/c1-10-2-5-17-12(8-10)14-11(15-17)9-16-6-3-13-4-7-16/h2,5,8,13H,3-4,6-7,9H2,1H3. The van der Waals surface area contributed by atoms with Gasteiger partial charge in [0.2, 0.25) is 0 Å². The molecule has 1 saturated heterocycles. The van der Waals surface area contributed by atoms with E-state index in [0.717, 1.165) is 44.2 Å². The molecule has 1 N–H and O–H groups in total. The van der Waals surface area contributed by atoms with Crippen molar-refractivity contribution in [3.05, 3.63) is 29.7 Å². The van der Waals surface area contributed by atoms with Gasteiger partial charge in [-0.3, -0.25) is 4.90 Å². The number of aryl methyl sites for hydroxylation is 1. The summed E-state index contributed by atoms with van der Waals surface area (Å²) in [4.78, 5) is 6.94. The zero-order valence-electron chi connectivity index (χ0n) is 10.1. The molecule has 2 aromatic rings. The van der Waals surface area contributed by atoms with Gasteiger partial charge in [0.15, 0.2) is 11.5 Å². The van der Waals surface area contributed by atoms with E-state index in [1.54, 1.807) is 0 Å². The van der Waals surface area contributed by atoms with Crippen molar-refractivity contribution in [2.45, 2.75) is 13.5 Å². The lowest BCUT2D eigenvalue weighted by Gasteiger charge is -2.25. The van der Waals surface area contributed by atoms with E-state index in [1.165, 1.54) is 5.56 Å². The van der Waals surface area contributed by atoms with Crippen LogP contribution < -0.4 is 5.32 Å². The molecule has 0 saturated carbocycles. The van der Waals surface area contributed by atoms with Gasteiger partial charge in [-0.25, -0.2) is 9.50 Å². The van der Waals surface area contributed by atoms with E-state index in [4.69, 9.17) is 0 Å². The molecular formula is C12H17N5. The highest BCUT2D eigenvalue weighted by molar-refractivity contribution is 5.39. The normalized spacial score (nSPS) is 17.7. The summed E-state index contributed by atoms with van der Waals surface area (Å²) in [5.41, 5.74) is 2.16. The summed E-state index contributed by atoms with van der Waals surface area (Å²) in [5.74, 6) is 0.914. The number of aromatic nitrogens is 3. The monoisotopic (exact) mass is 231 g/mol. The van der Waals surface area contributed by atoms with Crippen LogP contribution in [-0.2, 0) is 6.54 Å². The van der Waals surface area contributed by atoms with Crippen LogP contribution in [0.25, 0.3) is 5.65 Å². The highest BCUT2D eigenvalue weighted by Crippen LogP contribution is 2.06. The number of rotatable bonds is 2. The average Bonchev–Trinajstić information content (AvgIpc) is 2.71. The Morgan fingerprint density at radius 2 is 2.18 bits per heavy atom. The fourth-order valence-corrected chi connectivity index (χ4v) is 2.17. The number of piperazine rings is 1. The van der Waals surface area contributed by atoms with Crippen LogP contribution in [0.3, 0.4) is 0 Å². The number of fused-ring (bicyclic) bond motifs is 1. The number of hydrogen-bond donors (Lipinski definition) is 1. The SMILES string of the molecule is Cc1ccn2nc(CN3CCNCC3)nc2c1. The molecular weight excluding hydrogens is 214 g/mol. The van der Waals surface area contributed by atoms with Crippen molar-refractivity contribution in [3.63, 3.8) is 0 Å². The van der Waals surface area contributed by atoms with E-state index < -0.39 is 0 Å². The van der Waals surface area contributed by atoms with E-state index in [1.807, 2.05) is 10.7 Å². The number of pyridine rings is 1. The zero-order valence-corrected chi connectivity index (χ0v) is 10.1. The van der Waals surface area contributed by atoms with Gasteiger partial charge in [-0.05, 0) is 24.6 Å². The molecule has 0 amide bonds. The Balaban J connectivity index is 1.80. The maximum absolute atomic E-state index is 4.56. The smallest absolute Gasteiger partial charge is 0.165 e. The van der Waals surface area contributed by atoms with Crippen LogP contribution in [0.2, 0.25) is 0 Å². The fourth-order valence-electron chi connectivity index (χ4n) is 2.17. The lowest BCUT2D eigenvalue weighted by molar-refractivity contribution is 0.228. The summed E-state index contributed by atoms with van der Waals surface area (Å²) in [7, 11) is 0. The maximum Gasteiger partial charge on any atom is 0.165 e. The molecule has 0 bridgehead atoms. The van der Waals surface area contributed by atoms with Crippen molar-refractivity contribution >= 4 is 5.65 Å². The van der Waals surface area contributed by atoms with Gasteiger partial charge < -0.3 is 5.32 Å². The molecule has 1 fully saturated rings. The van der Waals surface area contributed by atoms with Gasteiger partial charge in [-0.1, -0.05) is 0 Å². The van der Waals surface area contributed by atoms with Gasteiger partial charge in [0.25, 0.3) is 0 Å². The Hall–Kier alpha value is -1.46. The van der Waals surface area contributed by atoms with E-state index >= 15 is 0 Å². The molecule has 0 unspecified atom stereocenters. The summed E-state index contributed by atoms with van der Waals surface area (Å²) >= 11 is 0. The second kappa shape index (κ2) is 4.43. The van der Waals surface area contributed by atoms with E-state index in [9.17, 15) is 0 Å². The Bertz CT molecular complexity index is 513. The van der Waals surface area contributed by atoms with Crippen molar-refractivity contribution in [1.82, 2.24) is 24.8 Å². The van der Waals surface area contributed by atoms with Crippen molar-refractivity contribution < 1.29 is 0 Å². The minimum Gasteiger partial charge on any atom is -0.314 e. The molecule has 0 radical (unpaired) electrons. The number of nitrogens with zero attached hydrogens (tertiary/aromatic N) is 4. The van der Waals surface area contributed by atoms with Gasteiger partial charge >= 0.3 is 0 Å². The first-order valence-corrected chi connectivity index (χ1v) is 6.06. The molecule has 0 spiro atoms. The van der Waals surface area contributed by atoms with Crippen LogP contribution >= 0.6 is 0 Å². The minimum atomic E-state index is 0.850. The molecule has 90 valence electrons. The van der Waals surface area contributed by atoms with Gasteiger partial charge in [-0.15, -0.1) is 5.10 Å². The van der Waals surface area contributed by atoms with Crippen LogP contribution in [0, 0.1) is 6.92 Å². The van der Waals surface area contributed by atoms with Gasteiger partial charge in [0.05, 0.1) is 6.54 Å². The summed E-state index contributed by atoms with van der Waals surface area (Å²) < 4.78 is 1.85. The average molecular weight is 231 g/mol. The van der Waals surface area contributed by atoms with Crippen LogP contribution in [0.4, 0.5) is 0 Å².